The number of pyridine rings is 1. The van der Waals surface area contributed by atoms with Crippen molar-refractivity contribution in [3.8, 4) is 11.1 Å². The van der Waals surface area contributed by atoms with Gasteiger partial charge < -0.3 is 0 Å². The van der Waals surface area contributed by atoms with E-state index in [0.717, 1.165) is 30.7 Å². The van der Waals surface area contributed by atoms with Gasteiger partial charge in [-0.05, 0) is 36.1 Å². The molecule has 4 heteroatoms. The highest BCUT2D eigenvalue weighted by molar-refractivity contribution is 5.63. The van der Waals surface area contributed by atoms with Crippen LogP contribution in [-0.2, 0) is 12.6 Å². The molecule has 21 heavy (non-hydrogen) atoms. The summed E-state index contributed by atoms with van der Waals surface area (Å²) in [6.07, 6.45) is -0.705. The Kier molecular flexibility index (Phi) is 4.66. The number of benzene rings is 1. The zero-order valence-corrected chi connectivity index (χ0v) is 12.1. The van der Waals surface area contributed by atoms with Gasteiger partial charge in [0.1, 0.15) is 0 Å². The van der Waals surface area contributed by atoms with Gasteiger partial charge in [-0.2, -0.15) is 13.2 Å². The maximum atomic E-state index is 12.7. The fraction of sp³-hybridized carbons (Fsp3) is 0.353. The molecule has 1 unspecified atom stereocenters. The number of rotatable bonds is 4. The highest BCUT2D eigenvalue weighted by Gasteiger charge is 2.30. The zero-order valence-electron chi connectivity index (χ0n) is 12.1. The topological polar surface area (TPSA) is 12.9 Å². The van der Waals surface area contributed by atoms with Crippen LogP contribution in [0.2, 0.25) is 0 Å². The summed E-state index contributed by atoms with van der Waals surface area (Å²) < 4.78 is 38.1. The average molecular weight is 293 g/mol. The second kappa shape index (κ2) is 6.29. The van der Waals surface area contributed by atoms with Gasteiger partial charge in [0.2, 0.25) is 0 Å². The lowest BCUT2D eigenvalue weighted by molar-refractivity contribution is -0.137. The molecule has 0 amide bonds. The lowest BCUT2D eigenvalue weighted by Crippen LogP contribution is -2.04. The van der Waals surface area contributed by atoms with Crippen molar-refractivity contribution in [2.45, 2.75) is 32.9 Å². The van der Waals surface area contributed by atoms with Crippen LogP contribution in [-0.4, -0.2) is 4.98 Å². The summed E-state index contributed by atoms with van der Waals surface area (Å²) in [7, 11) is 0. The molecule has 1 atom stereocenters. The molecule has 0 bridgehead atoms. The average Bonchev–Trinajstić information content (AvgIpc) is 2.47. The van der Waals surface area contributed by atoms with E-state index in [1.165, 1.54) is 6.07 Å². The van der Waals surface area contributed by atoms with Crippen LogP contribution in [0.5, 0.6) is 0 Å². The van der Waals surface area contributed by atoms with E-state index in [0.29, 0.717) is 17.0 Å². The molecule has 0 aliphatic carbocycles. The first-order valence-corrected chi connectivity index (χ1v) is 7.02. The van der Waals surface area contributed by atoms with Gasteiger partial charge in [0, 0.05) is 17.5 Å². The van der Waals surface area contributed by atoms with Gasteiger partial charge >= 0.3 is 6.18 Å². The Morgan fingerprint density at radius 1 is 1.10 bits per heavy atom. The van der Waals surface area contributed by atoms with Crippen molar-refractivity contribution in [3.63, 3.8) is 0 Å². The van der Waals surface area contributed by atoms with Crippen molar-refractivity contribution in [2.75, 3.05) is 0 Å². The predicted octanol–water partition coefficient (Wildman–Crippen LogP) is 5.36. The van der Waals surface area contributed by atoms with Crippen molar-refractivity contribution in [1.29, 1.82) is 0 Å². The molecule has 112 valence electrons. The van der Waals surface area contributed by atoms with Gasteiger partial charge in [-0.25, -0.2) is 0 Å². The minimum Gasteiger partial charge on any atom is -0.261 e. The fourth-order valence-corrected chi connectivity index (χ4v) is 2.09. The Bertz CT molecular complexity index is 588. The number of nitrogens with zero attached hydrogens (tertiary/aromatic N) is 1. The van der Waals surface area contributed by atoms with E-state index in [4.69, 9.17) is 0 Å². The van der Waals surface area contributed by atoms with Crippen LogP contribution in [0, 0.1) is 5.92 Å². The molecule has 1 nitrogen and oxygen atoms in total. The molecule has 2 aromatic rings. The van der Waals surface area contributed by atoms with Crippen LogP contribution in [0.15, 0.2) is 42.6 Å². The first-order valence-electron chi connectivity index (χ1n) is 7.02. The van der Waals surface area contributed by atoms with Gasteiger partial charge in [-0.3, -0.25) is 4.98 Å². The third-order valence-corrected chi connectivity index (χ3v) is 3.60. The standard InChI is InChI=1S/C17H18F3N/c1-3-12(2)9-16-8-7-14(11-21-16)13-5-4-6-15(10-13)17(18,19)20/h4-8,10-12H,3,9H2,1-2H3. The largest absolute Gasteiger partial charge is 0.416 e. The van der Waals surface area contributed by atoms with Gasteiger partial charge in [0.15, 0.2) is 0 Å². The molecule has 0 spiro atoms. The second-order valence-electron chi connectivity index (χ2n) is 5.33. The number of halogens is 3. The Labute approximate surface area is 122 Å². The molecule has 0 aliphatic rings. The quantitative estimate of drug-likeness (QED) is 0.740. The van der Waals surface area contributed by atoms with E-state index < -0.39 is 11.7 Å². The maximum Gasteiger partial charge on any atom is 0.416 e. The van der Waals surface area contributed by atoms with Gasteiger partial charge in [-0.15, -0.1) is 0 Å². The van der Waals surface area contributed by atoms with Crippen molar-refractivity contribution in [1.82, 2.24) is 4.98 Å². The first kappa shape index (κ1) is 15.5. The zero-order chi connectivity index (χ0) is 15.5. The highest BCUT2D eigenvalue weighted by Crippen LogP contribution is 2.32. The summed E-state index contributed by atoms with van der Waals surface area (Å²) in [6.45, 7) is 4.28. The predicted molar refractivity (Wildman–Crippen MR) is 77.8 cm³/mol. The molecule has 0 saturated carbocycles. The third-order valence-electron chi connectivity index (χ3n) is 3.60. The smallest absolute Gasteiger partial charge is 0.261 e. The van der Waals surface area contributed by atoms with E-state index in [1.807, 2.05) is 12.1 Å². The normalized spacial score (nSPS) is 13.2. The molecule has 1 heterocycles. The monoisotopic (exact) mass is 293 g/mol. The summed E-state index contributed by atoms with van der Waals surface area (Å²) in [5.74, 6) is 0.553. The van der Waals surface area contributed by atoms with Crippen LogP contribution >= 0.6 is 0 Å². The number of aromatic nitrogens is 1. The summed E-state index contributed by atoms with van der Waals surface area (Å²) >= 11 is 0. The van der Waals surface area contributed by atoms with Crippen LogP contribution in [0.1, 0.15) is 31.5 Å². The first-order chi connectivity index (χ1) is 9.90. The van der Waals surface area contributed by atoms with Crippen molar-refractivity contribution in [3.05, 3.63) is 53.9 Å². The summed E-state index contributed by atoms with van der Waals surface area (Å²) in [6, 6.07) is 9.05. The Hall–Kier alpha value is -1.84. The van der Waals surface area contributed by atoms with Crippen LogP contribution in [0.3, 0.4) is 0 Å². The number of hydrogen-bond acceptors (Lipinski definition) is 1. The van der Waals surface area contributed by atoms with Crippen molar-refractivity contribution >= 4 is 0 Å². The number of alkyl halides is 3. The molecular weight excluding hydrogens is 275 g/mol. The van der Waals surface area contributed by atoms with Crippen LogP contribution in [0.25, 0.3) is 11.1 Å². The fourth-order valence-electron chi connectivity index (χ4n) is 2.09. The van der Waals surface area contributed by atoms with Crippen LogP contribution < -0.4 is 0 Å². The minimum absolute atomic E-state index is 0.535. The van der Waals surface area contributed by atoms with E-state index in [-0.39, 0.29) is 0 Å². The summed E-state index contributed by atoms with van der Waals surface area (Å²) in [5.41, 5.74) is 1.57. The third kappa shape index (κ3) is 4.06. The Morgan fingerprint density at radius 3 is 2.43 bits per heavy atom. The van der Waals surface area contributed by atoms with Crippen LogP contribution in [0.4, 0.5) is 13.2 Å². The molecule has 0 saturated heterocycles. The lowest BCUT2D eigenvalue weighted by atomic mass is 10.0. The summed E-state index contributed by atoms with van der Waals surface area (Å²) in [5, 5.41) is 0. The molecule has 0 N–H and O–H groups in total. The van der Waals surface area contributed by atoms with E-state index in [2.05, 4.69) is 18.8 Å². The van der Waals surface area contributed by atoms with Gasteiger partial charge in [0.05, 0.1) is 5.56 Å². The SMILES string of the molecule is CCC(C)Cc1ccc(-c2cccc(C(F)(F)F)c2)cn1. The second-order valence-corrected chi connectivity index (χ2v) is 5.33. The van der Waals surface area contributed by atoms with E-state index in [9.17, 15) is 13.2 Å². The van der Waals surface area contributed by atoms with Gasteiger partial charge in [-0.1, -0.05) is 38.5 Å². The molecule has 1 aromatic heterocycles. The molecule has 2 rings (SSSR count). The molecular formula is C17H18F3N. The Balaban J connectivity index is 2.23. The number of hydrogen-bond donors (Lipinski definition) is 0. The van der Waals surface area contributed by atoms with E-state index in [1.54, 1.807) is 12.3 Å². The summed E-state index contributed by atoms with van der Waals surface area (Å²) in [4.78, 5) is 4.35. The molecule has 0 fully saturated rings. The lowest BCUT2D eigenvalue weighted by Gasteiger charge is -2.10. The molecule has 0 radical (unpaired) electrons. The molecule has 0 aliphatic heterocycles. The minimum atomic E-state index is -4.32. The Morgan fingerprint density at radius 2 is 1.86 bits per heavy atom. The highest BCUT2D eigenvalue weighted by atomic mass is 19.4. The van der Waals surface area contributed by atoms with Crippen molar-refractivity contribution in [2.24, 2.45) is 5.92 Å². The van der Waals surface area contributed by atoms with E-state index >= 15 is 0 Å². The molecule has 1 aromatic carbocycles. The van der Waals surface area contributed by atoms with Crippen molar-refractivity contribution < 1.29 is 13.2 Å². The van der Waals surface area contributed by atoms with Gasteiger partial charge in [0.25, 0.3) is 0 Å². The maximum absolute atomic E-state index is 12.7.